The Labute approximate surface area is 228 Å². The molecule has 0 fully saturated rings. The van der Waals surface area contributed by atoms with E-state index in [1.165, 1.54) is 17.0 Å². The molecule has 0 aliphatic rings. The minimum absolute atomic E-state index is 0.0253. The lowest BCUT2D eigenvalue weighted by Crippen LogP contribution is -2.53. The monoisotopic (exact) mass is 559 g/mol. The Bertz CT molecular complexity index is 1340. The maximum Gasteiger partial charge on any atom is 0.244 e. The molecule has 0 bridgehead atoms. The molecule has 0 heterocycles. The molecule has 10 heteroatoms. The van der Waals surface area contributed by atoms with Gasteiger partial charge < -0.3 is 10.2 Å². The molecule has 0 spiro atoms. The molecular weight excluding hydrogens is 529 g/mol. The van der Waals surface area contributed by atoms with Gasteiger partial charge in [-0.3, -0.25) is 13.9 Å². The van der Waals surface area contributed by atoms with Gasteiger partial charge in [0.25, 0.3) is 0 Å². The average Bonchev–Trinajstić information content (AvgIpc) is 2.88. The molecule has 0 aliphatic heterocycles. The number of benzene rings is 3. The van der Waals surface area contributed by atoms with Crippen LogP contribution in [0.15, 0.2) is 78.9 Å². The molecule has 3 aromatic carbocycles. The summed E-state index contributed by atoms with van der Waals surface area (Å²) in [6, 6.07) is 20.1. The highest BCUT2D eigenvalue weighted by molar-refractivity contribution is 7.92. The van der Waals surface area contributed by atoms with Crippen molar-refractivity contribution in [1.29, 1.82) is 0 Å². The van der Waals surface area contributed by atoms with Crippen LogP contribution in [0.5, 0.6) is 0 Å². The lowest BCUT2D eigenvalue weighted by Gasteiger charge is -2.33. The van der Waals surface area contributed by atoms with E-state index in [1.807, 2.05) is 37.3 Å². The van der Waals surface area contributed by atoms with Crippen molar-refractivity contribution in [2.45, 2.75) is 32.4 Å². The van der Waals surface area contributed by atoms with Gasteiger partial charge >= 0.3 is 0 Å². The van der Waals surface area contributed by atoms with Crippen LogP contribution in [0.25, 0.3) is 0 Å². The zero-order valence-electron chi connectivity index (χ0n) is 21.3. The number of carbonyl (C=O) groups is 2. The van der Waals surface area contributed by atoms with E-state index in [0.717, 1.165) is 28.3 Å². The van der Waals surface area contributed by atoms with Crippen molar-refractivity contribution in [2.24, 2.45) is 0 Å². The Balaban J connectivity index is 2.03. The van der Waals surface area contributed by atoms with Crippen LogP contribution in [-0.2, 0) is 32.6 Å². The van der Waals surface area contributed by atoms with Gasteiger partial charge in [0.2, 0.25) is 21.8 Å². The van der Waals surface area contributed by atoms with Crippen molar-refractivity contribution in [3.05, 3.63) is 101 Å². The van der Waals surface area contributed by atoms with Gasteiger partial charge in [0.15, 0.2) is 0 Å². The summed E-state index contributed by atoms with van der Waals surface area (Å²) in [5.74, 6) is -1.47. The number of hydrogen-bond donors (Lipinski definition) is 1. The van der Waals surface area contributed by atoms with E-state index in [1.54, 1.807) is 24.3 Å². The molecule has 3 rings (SSSR count). The lowest BCUT2D eigenvalue weighted by molar-refractivity contribution is -0.140. The molecule has 1 atom stereocenters. The number of sulfonamides is 1. The normalized spacial score (nSPS) is 12.0. The molecule has 0 unspecified atom stereocenters. The summed E-state index contributed by atoms with van der Waals surface area (Å²) in [7, 11) is -3.92. The first kappa shape index (κ1) is 29.1. The van der Waals surface area contributed by atoms with Crippen molar-refractivity contribution in [1.82, 2.24) is 10.2 Å². The largest absolute Gasteiger partial charge is 0.354 e. The van der Waals surface area contributed by atoms with Gasteiger partial charge in [-0.2, -0.15) is 0 Å². The summed E-state index contributed by atoms with van der Waals surface area (Å²) in [5.41, 5.74) is 1.66. The van der Waals surface area contributed by atoms with Crippen LogP contribution in [0, 0.1) is 5.82 Å². The first-order valence-corrected chi connectivity index (χ1v) is 14.4. The first-order chi connectivity index (χ1) is 18.1. The van der Waals surface area contributed by atoms with E-state index >= 15 is 0 Å². The van der Waals surface area contributed by atoms with Crippen molar-refractivity contribution < 1.29 is 22.4 Å². The second-order valence-electron chi connectivity index (χ2n) is 8.89. The predicted octanol–water partition coefficient (Wildman–Crippen LogP) is 4.41. The summed E-state index contributed by atoms with van der Waals surface area (Å²) in [6.07, 6.45) is 1.90. The van der Waals surface area contributed by atoms with Crippen LogP contribution in [-0.4, -0.2) is 50.5 Å². The maximum atomic E-state index is 13.9. The highest BCUT2D eigenvalue weighted by Gasteiger charge is 2.33. The second kappa shape index (κ2) is 13.4. The summed E-state index contributed by atoms with van der Waals surface area (Å²) in [4.78, 5) is 28.6. The molecule has 0 aliphatic carbocycles. The van der Waals surface area contributed by atoms with E-state index in [0.29, 0.717) is 23.6 Å². The van der Waals surface area contributed by atoms with Crippen molar-refractivity contribution in [3.8, 4) is 0 Å². The van der Waals surface area contributed by atoms with Crippen molar-refractivity contribution in [3.63, 3.8) is 0 Å². The Kier molecular flexibility index (Phi) is 10.3. The number of anilines is 1. The van der Waals surface area contributed by atoms with Gasteiger partial charge in [-0.15, -0.1) is 0 Å². The molecule has 2 amide bonds. The van der Waals surface area contributed by atoms with E-state index in [2.05, 4.69) is 5.32 Å². The van der Waals surface area contributed by atoms with E-state index in [-0.39, 0.29) is 24.6 Å². The number of nitrogens with one attached hydrogen (secondary N) is 1. The van der Waals surface area contributed by atoms with Crippen LogP contribution in [0.4, 0.5) is 10.1 Å². The summed E-state index contributed by atoms with van der Waals surface area (Å²) >= 11 is 6.18. The fourth-order valence-electron chi connectivity index (χ4n) is 3.97. The van der Waals surface area contributed by atoms with Gasteiger partial charge in [-0.05, 0) is 53.9 Å². The van der Waals surface area contributed by atoms with Gasteiger partial charge in [0.1, 0.15) is 18.4 Å². The summed E-state index contributed by atoms with van der Waals surface area (Å²) in [5, 5.41) is 3.34. The molecule has 202 valence electrons. The summed E-state index contributed by atoms with van der Waals surface area (Å²) in [6.45, 7) is 1.80. The molecule has 0 radical (unpaired) electrons. The Hall–Kier alpha value is -3.43. The second-order valence-corrected chi connectivity index (χ2v) is 11.2. The van der Waals surface area contributed by atoms with Crippen LogP contribution < -0.4 is 9.62 Å². The number of carbonyl (C=O) groups excluding carboxylic acids is 2. The van der Waals surface area contributed by atoms with Crippen LogP contribution in [0.1, 0.15) is 24.5 Å². The topological polar surface area (TPSA) is 86.8 Å². The number of hydrogen-bond acceptors (Lipinski definition) is 4. The third-order valence-electron chi connectivity index (χ3n) is 5.86. The van der Waals surface area contributed by atoms with Gasteiger partial charge in [0, 0.05) is 24.5 Å². The van der Waals surface area contributed by atoms with E-state index in [9.17, 15) is 22.4 Å². The minimum atomic E-state index is -3.92. The van der Waals surface area contributed by atoms with Crippen LogP contribution in [0.2, 0.25) is 5.02 Å². The standard InChI is InChI=1S/C28H31ClFN3O4S/c1-3-16-31-28(35)26(18-21-8-5-4-6-9-21)32(19-22-10-7-11-23(29)17-22)27(34)20-33(38(2,36)37)25-14-12-24(30)13-15-25/h4-15,17,26H,3,16,18-20H2,1-2H3,(H,31,35)/t26-/m1/s1. The third kappa shape index (κ3) is 8.29. The number of halogens is 2. The maximum absolute atomic E-state index is 13.9. The van der Waals surface area contributed by atoms with E-state index < -0.39 is 34.3 Å². The highest BCUT2D eigenvalue weighted by Crippen LogP contribution is 2.21. The first-order valence-electron chi connectivity index (χ1n) is 12.2. The highest BCUT2D eigenvalue weighted by atomic mass is 35.5. The van der Waals surface area contributed by atoms with Gasteiger partial charge in [0.05, 0.1) is 11.9 Å². The number of amides is 2. The zero-order valence-corrected chi connectivity index (χ0v) is 22.9. The Morgan fingerprint density at radius 3 is 2.24 bits per heavy atom. The average molecular weight is 560 g/mol. The SMILES string of the molecule is CCCNC(=O)[C@@H](Cc1ccccc1)N(Cc1cccc(Cl)c1)C(=O)CN(c1ccc(F)cc1)S(C)(=O)=O. The lowest BCUT2D eigenvalue weighted by atomic mass is 10.0. The molecule has 7 nitrogen and oxygen atoms in total. The third-order valence-corrected chi connectivity index (χ3v) is 7.23. The van der Waals surface area contributed by atoms with E-state index in [4.69, 9.17) is 11.6 Å². The molecule has 38 heavy (non-hydrogen) atoms. The molecule has 1 N–H and O–H groups in total. The summed E-state index contributed by atoms with van der Waals surface area (Å²) < 4.78 is 39.8. The zero-order chi connectivity index (χ0) is 27.7. The quantitative estimate of drug-likeness (QED) is 0.356. The predicted molar refractivity (Wildman–Crippen MR) is 148 cm³/mol. The molecular formula is C28H31ClFN3O4S. The van der Waals surface area contributed by atoms with Gasteiger partial charge in [-0.1, -0.05) is 61.0 Å². The van der Waals surface area contributed by atoms with Crippen molar-refractivity contribution in [2.75, 3.05) is 23.7 Å². The molecule has 0 saturated heterocycles. The fourth-order valence-corrected chi connectivity index (χ4v) is 5.04. The molecule has 0 saturated carbocycles. The fraction of sp³-hybridized carbons (Fsp3) is 0.286. The Morgan fingerprint density at radius 1 is 0.974 bits per heavy atom. The molecule has 3 aromatic rings. The van der Waals surface area contributed by atoms with Crippen LogP contribution >= 0.6 is 11.6 Å². The molecule has 0 aromatic heterocycles. The smallest absolute Gasteiger partial charge is 0.244 e. The Morgan fingerprint density at radius 2 is 1.63 bits per heavy atom. The van der Waals surface area contributed by atoms with Crippen molar-refractivity contribution >= 4 is 39.1 Å². The number of rotatable bonds is 12. The number of nitrogens with zero attached hydrogens (tertiary/aromatic N) is 2. The van der Waals surface area contributed by atoms with Crippen LogP contribution in [0.3, 0.4) is 0 Å². The van der Waals surface area contributed by atoms with Gasteiger partial charge in [-0.25, -0.2) is 12.8 Å². The minimum Gasteiger partial charge on any atom is -0.354 e.